The van der Waals surface area contributed by atoms with Crippen molar-refractivity contribution >= 4 is 13.3 Å². The van der Waals surface area contributed by atoms with Gasteiger partial charge in [0, 0.05) is 25.1 Å². The third-order valence-electron chi connectivity index (χ3n) is 3.41. The molecule has 1 aromatic carbocycles. The van der Waals surface area contributed by atoms with E-state index < -0.39 is 8.07 Å². The van der Waals surface area contributed by atoms with E-state index in [1.54, 1.807) is 0 Å². The molecule has 0 aliphatic carbocycles. The predicted molar refractivity (Wildman–Crippen MR) is 88.6 cm³/mol. The smallest absolute Gasteiger partial charge is 0.213 e. The van der Waals surface area contributed by atoms with Gasteiger partial charge in [0.25, 0.3) is 0 Å². The molecule has 0 N–H and O–H groups in total. The lowest BCUT2D eigenvalue weighted by Gasteiger charge is -2.22. The molecule has 112 valence electrons. The van der Waals surface area contributed by atoms with E-state index in [-0.39, 0.29) is 0 Å². The fraction of sp³-hybridized carbons (Fsp3) is 0.353. The Morgan fingerprint density at radius 3 is 2.43 bits per heavy atom. The molecular formula is C17H23NO2Si. The first-order valence-corrected chi connectivity index (χ1v) is 10.5. The number of rotatable bonds is 7. The SMILES string of the molecule is CCOC[Si](C)(C)c1ccc(OCc2ccccc2)nc1. The van der Waals surface area contributed by atoms with E-state index in [9.17, 15) is 0 Å². The number of ether oxygens (including phenoxy) is 2. The van der Waals surface area contributed by atoms with E-state index in [4.69, 9.17) is 9.47 Å². The minimum Gasteiger partial charge on any atom is -0.473 e. The van der Waals surface area contributed by atoms with Crippen LogP contribution in [0, 0.1) is 0 Å². The Bertz CT molecular complexity index is 540. The van der Waals surface area contributed by atoms with Crippen molar-refractivity contribution in [2.75, 3.05) is 12.8 Å². The monoisotopic (exact) mass is 301 g/mol. The van der Waals surface area contributed by atoms with Gasteiger partial charge in [-0.25, -0.2) is 4.98 Å². The minimum absolute atomic E-state index is 0.549. The highest BCUT2D eigenvalue weighted by molar-refractivity contribution is 6.89. The van der Waals surface area contributed by atoms with Gasteiger partial charge in [0.1, 0.15) is 14.7 Å². The lowest BCUT2D eigenvalue weighted by Crippen LogP contribution is -2.46. The number of benzene rings is 1. The number of aromatic nitrogens is 1. The molecule has 0 unspecified atom stereocenters. The van der Waals surface area contributed by atoms with Crippen molar-refractivity contribution in [3.63, 3.8) is 0 Å². The topological polar surface area (TPSA) is 31.4 Å². The van der Waals surface area contributed by atoms with Crippen molar-refractivity contribution in [2.45, 2.75) is 26.6 Å². The number of hydrogen-bond acceptors (Lipinski definition) is 3. The van der Waals surface area contributed by atoms with E-state index in [0.29, 0.717) is 12.5 Å². The second kappa shape index (κ2) is 7.38. The summed E-state index contributed by atoms with van der Waals surface area (Å²) in [5.74, 6) is 0.670. The van der Waals surface area contributed by atoms with Crippen molar-refractivity contribution < 1.29 is 9.47 Å². The van der Waals surface area contributed by atoms with Gasteiger partial charge >= 0.3 is 0 Å². The Morgan fingerprint density at radius 2 is 1.81 bits per heavy atom. The lowest BCUT2D eigenvalue weighted by molar-refractivity contribution is 0.189. The highest BCUT2D eigenvalue weighted by atomic mass is 28.3. The Kier molecular flexibility index (Phi) is 5.53. The first kappa shape index (κ1) is 15.7. The van der Waals surface area contributed by atoms with Gasteiger partial charge in [-0.3, -0.25) is 0 Å². The maximum atomic E-state index is 5.71. The van der Waals surface area contributed by atoms with Crippen LogP contribution in [0.15, 0.2) is 48.7 Å². The van der Waals surface area contributed by atoms with Gasteiger partial charge in [0.05, 0.1) is 0 Å². The molecule has 0 saturated carbocycles. The Hall–Kier alpha value is -1.65. The standard InChI is InChI=1S/C17H23NO2Si/c1-4-19-14-21(2,3)16-10-11-17(18-12-16)20-13-15-8-6-5-7-9-15/h5-12H,4,13-14H2,1-3H3. The molecule has 0 fully saturated rings. The molecular weight excluding hydrogens is 278 g/mol. The van der Waals surface area contributed by atoms with Gasteiger partial charge in [0.2, 0.25) is 5.88 Å². The van der Waals surface area contributed by atoms with E-state index in [2.05, 4.69) is 24.1 Å². The van der Waals surface area contributed by atoms with Crippen molar-refractivity contribution in [2.24, 2.45) is 0 Å². The number of hydrogen-bond donors (Lipinski definition) is 0. The van der Waals surface area contributed by atoms with Crippen LogP contribution in [0.25, 0.3) is 0 Å². The quantitative estimate of drug-likeness (QED) is 0.736. The second-order valence-corrected chi connectivity index (χ2v) is 10.3. The van der Waals surface area contributed by atoms with Crippen LogP contribution < -0.4 is 9.92 Å². The van der Waals surface area contributed by atoms with Crippen LogP contribution >= 0.6 is 0 Å². The molecule has 0 saturated heterocycles. The summed E-state index contributed by atoms with van der Waals surface area (Å²) in [5.41, 5.74) is 1.15. The fourth-order valence-corrected chi connectivity index (χ4v) is 3.87. The maximum absolute atomic E-state index is 5.71. The van der Waals surface area contributed by atoms with E-state index >= 15 is 0 Å². The molecule has 0 atom stereocenters. The molecule has 2 aromatic rings. The summed E-state index contributed by atoms with van der Waals surface area (Å²) >= 11 is 0. The molecule has 1 aromatic heterocycles. The van der Waals surface area contributed by atoms with Gasteiger partial charge in [-0.1, -0.05) is 49.5 Å². The molecule has 0 amide bonds. The Morgan fingerprint density at radius 1 is 1.05 bits per heavy atom. The van der Waals surface area contributed by atoms with Crippen molar-refractivity contribution in [3.05, 3.63) is 54.2 Å². The molecule has 2 rings (SSSR count). The van der Waals surface area contributed by atoms with Crippen LogP contribution in [0.5, 0.6) is 5.88 Å². The summed E-state index contributed by atoms with van der Waals surface area (Å²) in [5, 5.41) is 1.29. The van der Waals surface area contributed by atoms with Crippen LogP contribution in [-0.4, -0.2) is 25.9 Å². The average molecular weight is 301 g/mol. The van der Waals surface area contributed by atoms with Gasteiger partial charge in [-0.15, -0.1) is 0 Å². The summed E-state index contributed by atoms with van der Waals surface area (Å²) in [7, 11) is -1.55. The number of nitrogens with zero attached hydrogens (tertiary/aromatic N) is 1. The van der Waals surface area contributed by atoms with Crippen LogP contribution in [0.4, 0.5) is 0 Å². The fourth-order valence-electron chi connectivity index (χ4n) is 2.04. The number of pyridine rings is 1. The summed E-state index contributed by atoms with van der Waals surface area (Å²) in [6, 6.07) is 14.2. The summed E-state index contributed by atoms with van der Waals surface area (Å²) in [6.45, 7) is 7.94. The van der Waals surface area contributed by atoms with Gasteiger partial charge in [-0.05, 0) is 17.7 Å². The molecule has 0 aliphatic rings. The molecule has 21 heavy (non-hydrogen) atoms. The summed E-state index contributed by atoms with van der Waals surface area (Å²) in [6.07, 6.45) is 2.76. The minimum atomic E-state index is -1.55. The predicted octanol–water partition coefficient (Wildman–Crippen LogP) is 3.15. The van der Waals surface area contributed by atoms with Gasteiger partial charge < -0.3 is 9.47 Å². The van der Waals surface area contributed by atoms with Gasteiger partial charge in [0.15, 0.2) is 0 Å². The Labute approximate surface area is 128 Å². The normalized spacial score (nSPS) is 11.4. The molecule has 4 heteroatoms. The van der Waals surface area contributed by atoms with Crippen LogP contribution in [0.2, 0.25) is 13.1 Å². The molecule has 0 spiro atoms. The third kappa shape index (κ3) is 4.69. The van der Waals surface area contributed by atoms with Crippen molar-refractivity contribution in [1.29, 1.82) is 0 Å². The average Bonchev–Trinajstić information content (AvgIpc) is 2.52. The second-order valence-electron chi connectivity index (χ2n) is 5.68. The Balaban J connectivity index is 1.95. The summed E-state index contributed by atoms with van der Waals surface area (Å²) in [4.78, 5) is 4.43. The maximum Gasteiger partial charge on any atom is 0.213 e. The zero-order valence-corrected chi connectivity index (χ0v) is 14.0. The lowest BCUT2D eigenvalue weighted by atomic mass is 10.2. The first-order chi connectivity index (χ1) is 10.1. The van der Waals surface area contributed by atoms with E-state index in [1.807, 2.05) is 49.5 Å². The highest BCUT2D eigenvalue weighted by Crippen LogP contribution is 2.10. The molecule has 1 heterocycles. The third-order valence-corrected chi connectivity index (χ3v) is 6.20. The molecule has 0 aliphatic heterocycles. The van der Waals surface area contributed by atoms with Crippen molar-refractivity contribution in [1.82, 2.24) is 4.98 Å². The molecule has 3 nitrogen and oxygen atoms in total. The van der Waals surface area contributed by atoms with Gasteiger partial charge in [-0.2, -0.15) is 0 Å². The zero-order valence-electron chi connectivity index (χ0n) is 13.0. The van der Waals surface area contributed by atoms with Crippen LogP contribution in [0.3, 0.4) is 0 Å². The van der Waals surface area contributed by atoms with Crippen LogP contribution in [0.1, 0.15) is 12.5 Å². The first-order valence-electron chi connectivity index (χ1n) is 7.33. The largest absolute Gasteiger partial charge is 0.473 e. The molecule has 0 bridgehead atoms. The van der Waals surface area contributed by atoms with Crippen LogP contribution in [-0.2, 0) is 11.3 Å². The summed E-state index contributed by atoms with van der Waals surface area (Å²) < 4.78 is 11.3. The molecule has 0 radical (unpaired) electrons. The van der Waals surface area contributed by atoms with E-state index in [0.717, 1.165) is 18.4 Å². The van der Waals surface area contributed by atoms with E-state index in [1.165, 1.54) is 5.19 Å². The van der Waals surface area contributed by atoms with Crippen molar-refractivity contribution in [3.8, 4) is 5.88 Å². The zero-order chi connectivity index (χ0) is 15.1. The highest BCUT2D eigenvalue weighted by Gasteiger charge is 2.24.